The minimum atomic E-state index is -0.830. The summed E-state index contributed by atoms with van der Waals surface area (Å²) in [6.45, 7) is 5.77. The summed E-state index contributed by atoms with van der Waals surface area (Å²) in [4.78, 5) is 27.0. The second kappa shape index (κ2) is 6.45. The maximum Gasteiger partial charge on any atom is 0.320 e. The van der Waals surface area contributed by atoms with Gasteiger partial charge in [0.25, 0.3) is 5.91 Å². The predicted molar refractivity (Wildman–Crippen MR) is 80.8 cm³/mol. The van der Waals surface area contributed by atoms with Gasteiger partial charge in [-0.1, -0.05) is 11.6 Å². The van der Waals surface area contributed by atoms with Gasteiger partial charge in [-0.3, -0.25) is 14.5 Å². The van der Waals surface area contributed by atoms with E-state index in [1.807, 2.05) is 11.8 Å². The molecule has 1 amide bonds. The average Bonchev–Trinajstić information content (AvgIpc) is 2.48. The van der Waals surface area contributed by atoms with E-state index in [0.29, 0.717) is 36.8 Å². The van der Waals surface area contributed by atoms with Gasteiger partial charge in [0.05, 0.1) is 0 Å². The van der Waals surface area contributed by atoms with Crippen LogP contribution in [-0.2, 0) is 4.79 Å². The van der Waals surface area contributed by atoms with Crippen molar-refractivity contribution >= 4 is 23.5 Å². The number of hydrogen-bond donors (Lipinski definition) is 1. The second-order valence-electron chi connectivity index (χ2n) is 5.31. The van der Waals surface area contributed by atoms with Gasteiger partial charge in [0.15, 0.2) is 0 Å². The van der Waals surface area contributed by atoms with E-state index in [2.05, 4.69) is 0 Å². The van der Waals surface area contributed by atoms with E-state index in [4.69, 9.17) is 16.7 Å². The minimum absolute atomic E-state index is 0.0302. The lowest BCUT2D eigenvalue weighted by Crippen LogP contribution is -2.53. The summed E-state index contributed by atoms with van der Waals surface area (Å²) in [6.07, 6.45) is 0. The normalized spacial score (nSPS) is 17.6. The van der Waals surface area contributed by atoms with E-state index >= 15 is 0 Å². The first-order chi connectivity index (χ1) is 9.90. The van der Waals surface area contributed by atoms with E-state index in [-0.39, 0.29) is 5.91 Å². The van der Waals surface area contributed by atoms with Crippen LogP contribution in [0.25, 0.3) is 0 Å². The number of halogens is 1. The number of benzene rings is 1. The molecule has 114 valence electrons. The fourth-order valence-corrected chi connectivity index (χ4v) is 2.55. The fourth-order valence-electron chi connectivity index (χ4n) is 2.43. The van der Waals surface area contributed by atoms with E-state index in [1.54, 1.807) is 30.0 Å². The Hall–Kier alpha value is -1.59. The highest BCUT2D eigenvalue weighted by molar-refractivity contribution is 6.31. The third-order valence-electron chi connectivity index (χ3n) is 3.91. The molecule has 1 heterocycles. The molecular weight excluding hydrogens is 292 g/mol. The van der Waals surface area contributed by atoms with Crippen molar-refractivity contribution in [1.29, 1.82) is 0 Å². The summed E-state index contributed by atoms with van der Waals surface area (Å²) in [5, 5.41) is 9.65. The Morgan fingerprint density at radius 1 is 1.24 bits per heavy atom. The number of carbonyl (C=O) groups excluding carboxylic acids is 1. The van der Waals surface area contributed by atoms with Gasteiger partial charge in [-0.25, -0.2) is 0 Å². The summed E-state index contributed by atoms with van der Waals surface area (Å²) in [5.74, 6) is -0.861. The number of hydrogen-bond acceptors (Lipinski definition) is 3. The van der Waals surface area contributed by atoms with Crippen LogP contribution in [0.5, 0.6) is 0 Å². The van der Waals surface area contributed by atoms with Gasteiger partial charge in [0.2, 0.25) is 0 Å². The lowest BCUT2D eigenvalue weighted by molar-refractivity contribution is -0.143. The number of rotatable bonds is 3. The van der Waals surface area contributed by atoms with E-state index in [0.717, 1.165) is 5.56 Å². The van der Waals surface area contributed by atoms with E-state index < -0.39 is 12.0 Å². The molecule has 0 aliphatic carbocycles. The Morgan fingerprint density at radius 2 is 1.86 bits per heavy atom. The first-order valence-electron chi connectivity index (χ1n) is 6.92. The number of aryl methyl sites for hydroxylation is 1. The number of carbonyl (C=O) groups is 2. The number of carboxylic acids is 1. The molecule has 1 aromatic rings. The molecule has 1 aliphatic heterocycles. The molecule has 1 fully saturated rings. The van der Waals surface area contributed by atoms with Gasteiger partial charge in [0.1, 0.15) is 6.04 Å². The largest absolute Gasteiger partial charge is 0.480 e. The average molecular weight is 311 g/mol. The maximum atomic E-state index is 12.4. The third-order valence-corrected chi connectivity index (χ3v) is 4.34. The minimum Gasteiger partial charge on any atom is -0.480 e. The quantitative estimate of drug-likeness (QED) is 0.926. The van der Waals surface area contributed by atoms with Crippen LogP contribution >= 0.6 is 11.6 Å². The van der Waals surface area contributed by atoms with Crippen molar-refractivity contribution in [3.63, 3.8) is 0 Å². The molecule has 0 bridgehead atoms. The van der Waals surface area contributed by atoms with Gasteiger partial charge >= 0.3 is 5.97 Å². The number of carboxylic acid groups (broad SMARTS) is 1. The molecule has 0 aromatic heterocycles. The van der Waals surface area contributed by atoms with Crippen molar-refractivity contribution in [1.82, 2.24) is 9.80 Å². The molecule has 1 N–H and O–H groups in total. The number of nitrogens with zero attached hydrogens (tertiary/aromatic N) is 2. The van der Waals surface area contributed by atoms with Gasteiger partial charge in [-0.15, -0.1) is 0 Å². The highest BCUT2D eigenvalue weighted by Crippen LogP contribution is 2.18. The van der Waals surface area contributed by atoms with Gasteiger partial charge in [-0.05, 0) is 37.6 Å². The first kappa shape index (κ1) is 15.8. The molecule has 5 nitrogen and oxygen atoms in total. The van der Waals surface area contributed by atoms with Crippen LogP contribution in [0.15, 0.2) is 18.2 Å². The molecule has 1 saturated heterocycles. The number of piperazine rings is 1. The van der Waals surface area contributed by atoms with Gasteiger partial charge in [-0.2, -0.15) is 0 Å². The summed E-state index contributed by atoms with van der Waals surface area (Å²) in [6, 6.07) is 4.73. The Balaban J connectivity index is 2.00. The smallest absolute Gasteiger partial charge is 0.320 e. The molecule has 0 spiro atoms. The van der Waals surface area contributed by atoms with Crippen LogP contribution in [0.3, 0.4) is 0 Å². The predicted octanol–water partition coefficient (Wildman–Crippen LogP) is 1.88. The lowest BCUT2D eigenvalue weighted by Gasteiger charge is -2.36. The first-order valence-corrected chi connectivity index (χ1v) is 7.30. The Bertz CT molecular complexity index is 554. The summed E-state index contributed by atoms with van der Waals surface area (Å²) in [7, 11) is 0. The molecule has 1 atom stereocenters. The summed E-state index contributed by atoms with van der Waals surface area (Å²) >= 11 is 5.97. The standard InChI is InChI=1S/C15H19ClN2O3/c1-10-9-12(3-4-13(10)16)14(19)18-7-5-17(6-8-18)11(2)15(20)21/h3-4,9,11H,5-8H2,1-2H3,(H,20,21). The fraction of sp³-hybridized carbons (Fsp3) is 0.467. The van der Waals surface area contributed by atoms with Gasteiger partial charge < -0.3 is 10.0 Å². The van der Waals surface area contributed by atoms with Crippen LogP contribution in [-0.4, -0.2) is 59.0 Å². The molecular formula is C15H19ClN2O3. The van der Waals surface area contributed by atoms with Crippen LogP contribution < -0.4 is 0 Å². The molecule has 21 heavy (non-hydrogen) atoms. The topological polar surface area (TPSA) is 60.9 Å². The van der Waals surface area contributed by atoms with Crippen LogP contribution in [0.1, 0.15) is 22.8 Å². The lowest BCUT2D eigenvalue weighted by atomic mass is 10.1. The maximum absolute atomic E-state index is 12.4. The van der Waals surface area contributed by atoms with Gasteiger partial charge in [0, 0.05) is 36.8 Å². The summed E-state index contributed by atoms with van der Waals surface area (Å²) in [5.41, 5.74) is 1.50. The van der Waals surface area contributed by atoms with Crippen LogP contribution in [0.2, 0.25) is 5.02 Å². The van der Waals surface area contributed by atoms with E-state index in [1.165, 1.54) is 0 Å². The molecule has 2 rings (SSSR count). The Morgan fingerprint density at radius 3 is 2.38 bits per heavy atom. The molecule has 1 aromatic carbocycles. The van der Waals surface area contributed by atoms with E-state index in [9.17, 15) is 9.59 Å². The van der Waals surface area contributed by atoms with Crippen molar-refractivity contribution in [3.8, 4) is 0 Å². The van der Waals surface area contributed by atoms with Crippen LogP contribution in [0.4, 0.5) is 0 Å². The second-order valence-corrected chi connectivity index (χ2v) is 5.71. The Labute approximate surface area is 129 Å². The summed E-state index contributed by atoms with van der Waals surface area (Å²) < 4.78 is 0. The molecule has 6 heteroatoms. The third kappa shape index (κ3) is 3.54. The highest BCUT2D eigenvalue weighted by Gasteiger charge is 2.27. The SMILES string of the molecule is Cc1cc(C(=O)N2CCN(C(C)C(=O)O)CC2)ccc1Cl. The molecule has 0 saturated carbocycles. The molecule has 1 unspecified atom stereocenters. The Kier molecular flexibility index (Phi) is 4.85. The van der Waals surface area contributed by atoms with Crippen molar-refractivity contribution < 1.29 is 14.7 Å². The monoisotopic (exact) mass is 310 g/mol. The van der Waals surface area contributed by atoms with Crippen molar-refractivity contribution in [2.45, 2.75) is 19.9 Å². The zero-order valence-electron chi connectivity index (χ0n) is 12.2. The molecule has 0 radical (unpaired) electrons. The zero-order chi connectivity index (χ0) is 15.6. The van der Waals surface area contributed by atoms with Crippen LogP contribution in [0, 0.1) is 6.92 Å². The van der Waals surface area contributed by atoms with Crippen molar-refractivity contribution in [2.24, 2.45) is 0 Å². The number of amides is 1. The highest BCUT2D eigenvalue weighted by atomic mass is 35.5. The zero-order valence-corrected chi connectivity index (χ0v) is 12.9. The van der Waals surface area contributed by atoms with Crippen molar-refractivity contribution in [2.75, 3.05) is 26.2 Å². The van der Waals surface area contributed by atoms with Crippen molar-refractivity contribution in [3.05, 3.63) is 34.3 Å². The molecule has 1 aliphatic rings. The number of aliphatic carboxylic acids is 1.